The Balaban J connectivity index is 2.77. The largest absolute Gasteiger partial charge is 0.487 e. The third-order valence-corrected chi connectivity index (χ3v) is 2.53. The average Bonchev–Trinajstić information content (AvgIpc) is 2.37. The predicted octanol–water partition coefficient (Wildman–Crippen LogP) is 3.86. The number of ether oxygens (including phenoxy) is 1. The topological polar surface area (TPSA) is 9.23 Å². The highest BCUT2D eigenvalue weighted by molar-refractivity contribution is 7.80. The third-order valence-electron chi connectivity index (χ3n) is 2.22. The van der Waals surface area contributed by atoms with Crippen molar-refractivity contribution >= 4 is 12.6 Å². The standard InChI is InChI=1S/C11H11F5OS/c12-6-7(13)9(15)11(10(16)8(6)14)17-4-2-1-3-5-18/h18H,1-5H2. The van der Waals surface area contributed by atoms with Gasteiger partial charge in [0.15, 0.2) is 5.75 Å². The molecule has 0 bridgehead atoms. The highest BCUT2D eigenvalue weighted by atomic mass is 32.1. The minimum absolute atomic E-state index is 0.119. The maximum Gasteiger partial charge on any atom is 0.206 e. The van der Waals surface area contributed by atoms with E-state index in [-0.39, 0.29) is 6.61 Å². The fourth-order valence-corrected chi connectivity index (χ4v) is 1.50. The molecule has 0 heterocycles. The van der Waals surface area contributed by atoms with E-state index >= 15 is 0 Å². The molecule has 0 atom stereocenters. The predicted molar refractivity (Wildman–Crippen MR) is 59.4 cm³/mol. The van der Waals surface area contributed by atoms with Gasteiger partial charge >= 0.3 is 0 Å². The molecule has 1 aromatic carbocycles. The lowest BCUT2D eigenvalue weighted by Crippen LogP contribution is -2.08. The fourth-order valence-electron chi connectivity index (χ4n) is 1.28. The molecule has 1 aromatic rings. The van der Waals surface area contributed by atoms with Gasteiger partial charge in [-0.3, -0.25) is 0 Å². The molecule has 7 heteroatoms. The summed E-state index contributed by atoms with van der Waals surface area (Å²) < 4.78 is 69.1. The molecular weight excluding hydrogens is 275 g/mol. The molecule has 0 fully saturated rings. The third kappa shape index (κ3) is 3.28. The van der Waals surface area contributed by atoms with Crippen molar-refractivity contribution in [1.82, 2.24) is 0 Å². The summed E-state index contributed by atoms with van der Waals surface area (Å²) >= 11 is 3.96. The summed E-state index contributed by atoms with van der Waals surface area (Å²) in [5.41, 5.74) is 0. The average molecular weight is 286 g/mol. The molecule has 0 unspecified atom stereocenters. The van der Waals surface area contributed by atoms with E-state index in [4.69, 9.17) is 0 Å². The SMILES string of the molecule is Fc1c(F)c(F)c(OCCCCCS)c(F)c1F. The molecule has 1 rings (SSSR count). The number of hydrogen-bond donors (Lipinski definition) is 1. The second-order valence-electron chi connectivity index (χ2n) is 3.53. The quantitative estimate of drug-likeness (QED) is 0.275. The molecule has 0 spiro atoms. The first-order valence-electron chi connectivity index (χ1n) is 5.25. The summed E-state index contributed by atoms with van der Waals surface area (Å²) in [5.74, 6) is -10.6. The van der Waals surface area contributed by atoms with Crippen LogP contribution in [0, 0.1) is 29.1 Å². The van der Waals surface area contributed by atoms with Gasteiger partial charge in [0.05, 0.1) is 6.61 Å². The van der Waals surface area contributed by atoms with E-state index in [0.29, 0.717) is 18.6 Å². The lowest BCUT2D eigenvalue weighted by molar-refractivity contribution is 0.256. The summed E-state index contributed by atoms with van der Waals surface area (Å²) in [6, 6.07) is 0. The Bertz CT molecular complexity index is 395. The molecule has 0 amide bonds. The van der Waals surface area contributed by atoms with Crippen LogP contribution in [0.15, 0.2) is 0 Å². The summed E-state index contributed by atoms with van der Waals surface area (Å²) in [5, 5.41) is 0. The first kappa shape index (κ1) is 15.1. The van der Waals surface area contributed by atoms with Crippen molar-refractivity contribution in [1.29, 1.82) is 0 Å². The summed E-state index contributed by atoms with van der Waals surface area (Å²) in [6.07, 6.45) is 1.92. The van der Waals surface area contributed by atoms with Gasteiger partial charge in [-0.2, -0.15) is 21.4 Å². The zero-order valence-electron chi connectivity index (χ0n) is 9.28. The monoisotopic (exact) mass is 286 g/mol. The van der Waals surface area contributed by atoms with E-state index < -0.39 is 34.8 Å². The van der Waals surface area contributed by atoms with Crippen LogP contribution in [0.3, 0.4) is 0 Å². The number of hydrogen-bond acceptors (Lipinski definition) is 2. The second-order valence-corrected chi connectivity index (χ2v) is 3.98. The number of halogens is 5. The van der Waals surface area contributed by atoms with E-state index in [1.54, 1.807) is 0 Å². The van der Waals surface area contributed by atoms with Gasteiger partial charge in [0.25, 0.3) is 0 Å². The first-order valence-corrected chi connectivity index (χ1v) is 5.89. The van der Waals surface area contributed by atoms with Crippen molar-refractivity contribution in [3.63, 3.8) is 0 Å². The summed E-state index contributed by atoms with van der Waals surface area (Å²) in [4.78, 5) is 0. The van der Waals surface area contributed by atoms with Crippen molar-refractivity contribution in [2.45, 2.75) is 19.3 Å². The Morgan fingerprint density at radius 2 is 1.22 bits per heavy atom. The Morgan fingerprint density at radius 3 is 1.72 bits per heavy atom. The molecule has 1 nitrogen and oxygen atoms in total. The first-order chi connectivity index (χ1) is 8.50. The maximum atomic E-state index is 13.1. The molecule has 0 radical (unpaired) electrons. The van der Waals surface area contributed by atoms with Gasteiger partial charge in [0, 0.05) is 0 Å². The maximum absolute atomic E-state index is 13.1. The lowest BCUT2D eigenvalue weighted by Gasteiger charge is -2.09. The second kappa shape index (κ2) is 6.82. The van der Waals surface area contributed by atoms with Crippen molar-refractivity contribution in [3.8, 4) is 5.75 Å². The molecule has 0 N–H and O–H groups in total. The molecule has 102 valence electrons. The van der Waals surface area contributed by atoms with Gasteiger partial charge in [-0.25, -0.2) is 13.2 Å². The lowest BCUT2D eigenvalue weighted by atomic mass is 10.2. The highest BCUT2D eigenvalue weighted by Gasteiger charge is 2.26. The van der Waals surface area contributed by atoms with Crippen LogP contribution in [0.4, 0.5) is 22.0 Å². The van der Waals surface area contributed by atoms with Gasteiger partial charge in [-0.05, 0) is 25.0 Å². The minimum atomic E-state index is -2.19. The summed E-state index contributed by atoms with van der Waals surface area (Å²) in [6.45, 7) is -0.119. The van der Waals surface area contributed by atoms with E-state index in [1.807, 2.05) is 0 Å². The van der Waals surface area contributed by atoms with Crippen molar-refractivity contribution in [3.05, 3.63) is 29.1 Å². The number of benzene rings is 1. The van der Waals surface area contributed by atoms with E-state index in [0.717, 1.165) is 6.42 Å². The molecule has 0 saturated carbocycles. The zero-order chi connectivity index (χ0) is 13.7. The Morgan fingerprint density at radius 1 is 0.722 bits per heavy atom. The summed E-state index contributed by atoms with van der Waals surface area (Å²) in [7, 11) is 0. The van der Waals surface area contributed by atoms with Crippen molar-refractivity contribution in [2.24, 2.45) is 0 Å². The van der Waals surface area contributed by atoms with Crippen LogP contribution in [0.2, 0.25) is 0 Å². The van der Waals surface area contributed by atoms with Crippen LogP contribution in [0.5, 0.6) is 5.75 Å². The van der Waals surface area contributed by atoms with Gasteiger partial charge in [-0.15, -0.1) is 0 Å². The van der Waals surface area contributed by atoms with Gasteiger partial charge < -0.3 is 4.74 Å². The number of unbranched alkanes of at least 4 members (excludes halogenated alkanes) is 2. The highest BCUT2D eigenvalue weighted by Crippen LogP contribution is 2.29. The van der Waals surface area contributed by atoms with Crippen LogP contribution < -0.4 is 4.74 Å². The molecule has 0 aliphatic carbocycles. The minimum Gasteiger partial charge on any atom is -0.487 e. The van der Waals surface area contributed by atoms with E-state index in [9.17, 15) is 22.0 Å². The molecule has 0 saturated heterocycles. The van der Waals surface area contributed by atoms with Crippen LogP contribution in [0.25, 0.3) is 0 Å². The number of thiol groups is 1. The normalized spacial score (nSPS) is 10.8. The van der Waals surface area contributed by atoms with E-state index in [1.165, 1.54) is 0 Å². The molecule has 0 aliphatic heterocycles. The molecular formula is C11H11F5OS. The van der Waals surface area contributed by atoms with Gasteiger partial charge in [-0.1, -0.05) is 0 Å². The Kier molecular flexibility index (Phi) is 5.71. The van der Waals surface area contributed by atoms with Crippen LogP contribution in [0.1, 0.15) is 19.3 Å². The molecule has 0 aromatic heterocycles. The van der Waals surface area contributed by atoms with Gasteiger partial charge in [0.2, 0.25) is 29.1 Å². The van der Waals surface area contributed by atoms with Crippen molar-refractivity contribution < 1.29 is 26.7 Å². The van der Waals surface area contributed by atoms with Crippen molar-refractivity contribution in [2.75, 3.05) is 12.4 Å². The van der Waals surface area contributed by atoms with Crippen LogP contribution >= 0.6 is 12.6 Å². The van der Waals surface area contributed by atoms with Crippen LogP contribution in [-0.4, -0.2) is 12.4 Å². The van der Waals surface area contributed by atoms with E-state index in [2.05, 4.69) is 17.4 Å². The Hall–Kier alpha value is -0.980. The number of rotatable bonds is 6. The van der Waals surface area contributed by atoms with Crippen LogP contribution in [-0.2, 0) is 0 Å². The zero-order valence-corrected chi connectivity index (χ0v) is 10.2. The molecule has 0 aliphatic rings. The Labute approximate surface area is 106 Å². The van der Waals surface area contributed by atoms with Gasteiger partial charge in [0.1, 0.15) is 0 Å². The molecule has 18 heavy (non-hydrogen) atoms. The smallest absolute Gasteiger partial charge is 0.206 e. The fraction of sp³-hybridized carbons (Fsp3) is 0.455.